The molecule has 0 heterocycles. The van der Waals surface area contributed by atoms with Crippen LogP contribution in [-0.2, 0) is 0 Å². The lowest BCUT2D eigenvalue weighted by atomic mass is 10.0. The molecule has 6 nitrogen and oxygen atoms in total. The van der Waals surface area contributed by atoms with E-state index in [9.17, 15) is 4.79 Å². The second kappa shape index (κ2) is 10.2. The predicted molar refractivity (Wildman–Crippen MR) is 122 cm³/mol. The van der Waals surface area contributed by atoms with E-state index in [1.807, 2.05) is 56.4 Å². The van der Waals surface area contributed by atoms with E-state index in [4.69, 9.17) is 10.1 Å². The number of amides is 2. The smallest absolute Gasteiger partial charge is 0.323 e. The Morgan fingerprint density at radius 2 is 1.40 bits per heavy atom. The lowest BCUT2D eigenvalue weighted by Gasteiger charge is -2.12. The minimum atomic E-state index is -0.335. The average molecular weight is 402 g/mol. The van der Waals surface area contributed by atoms with E-state index in [1.165, 1.54) is 0 Å². The van der Waals surface area contributed by atoms with Crippen LogP contribution in [0, 0.1) is 5.41 Å². The molecule has 2 amide bonds. The Kier molecular flexibility index (Phi) is 7.19. The molecule has 4 N–H and O–H groups in total. The Labute approximate surface area is 176 Å². The van der Waals surface area contributed by atoms with Crippen LogP contribution in [0.1, 0.15) is 18.9 Å². The van der Waals surface area contributed by atoms with Crippen LogP contribution in [0.2, 0.25) is 0 Å². The maximum absolute atomic E-state index is 12.3. The second-order valence-corrected chi connectivity index (χ2v) is 6.97. The van der Waals surface area contributed by atoms with Crippen molar-refractivity contribution in [1.82, 2.24) is 5.32 Å². The second-order valence-electron chi connectivity index (χ2n) is 6.97. The number of carbonyl (C=O) groups is 1. The van der Waals surface area contributed by atoms with Crippen LogP contribution in [0.4, 0.5) is 16.2 Å². The molecule has 0 fully saturated rings. The zero-order chi connectivity index (χ0) is 21.3. The predicted octanol–water partition coefficient (Wildman–Crippen LogP) is 5.49. The Bertz CT molecular complexity index is 970. The molecule has 0 saturated carbocycles. The summed E-state index contributed by atoms with van der Waals surface area (Å²) in [6.45, 7) is 2.04. The van der Waals surface area contributed by atoms with E-state index in [0.29, 0.717) is 29.3 Å². The molecule has 3 rings (SSSR count). The van der Waals surface area contributed by atoms with Gasteiger partial charge in [-0.2, -0.15) is 0 Å². The van der Waals surface area contributed by atoms with Crippen molar-refractivity contribution >= 4 is 23.1 Å². The summed E-state index contributed by atoms with van der Waals surface area (Å²) in [6.07, 6.45) is 0.647. The summed E-state index contributed by atoms with van der Waals surface area (Å²) in [4.78, 5) is 12.3. The number of nitrogens with one attached hydrogen (secondary N) is 4. The van der Waals surface area contributed by atoms with Gasteiger partial charge in [-0.1, -0.05) is 30.3 Å². The molecule has 0 unspecified atom stereocenters. The van der Waals surface area contributed by atoms with Gasteiger partial charge in [0.15, 0.2) is 0 Å². The number of hydrogen-bond donors (Lipinski definition) is 4. The SMILES string of the molecule is CN[C@H](C)CC(=N)c1ccc(NC(=O)Nc2ccc(Oc3ccccc3)cc2)cc1. The molecule has 0 aliphatic rings. The van der Waals surface area contributed by atoms with Crippen LogP contribution in [0.15, 0.2) is 78.9 Å². The van der Waals surface area contributed by atoms with Gasteiger partial charge in [-0.05, 0) is 68.1 Å². The van der Waals surface area contributed by atoms with Gasteiger partial charge in [0.1, 0.15) is 11.5 Å². The van der Waals surface area contributed by atoms with Crippen molar-refractivity contribution < 1.29 is 9.53 Å². The average Bonchev–Trinajstić information content (AvgIpc) is 2.76. The number of ether oxygens (including phenoxy) is 1. The van der Waals surface area contributed by atoms with Crippen LogP contribution in [0.5, 0.6) is 11.5 Å². The first-order valence-electron chi connectivity index (χ1n) is 9.79. The first kappa shape index (κ1) is 21.1. The molecular formula is C24H26N4O2. The highest BCUT2D eigenvalue weighted by Crippen LogP contribution is 2.22. The van der Waals surface area contributed by atoms with Crippen LogP contribution in [0.25, 0.3) is 0 Å². The molecule has 0 radical (unpaired) electrons. The van der Waals surface area contributed by atoms with Crippen molar-refractivity contribution in [3.8, 4) is 11.5 Å². The third-order valence-electron chi connectivity index (χ3n) is 4.59. The standard InChI is InChI=1S/C24H26N4O2/c1-17(26-2)16-23(25)18-8-10-19(11-9-18)27-24(29)28-20-12-14-22(15-13-20)30-21-6-4-3-5-7-21/h3-15,17,25-26H,16H2,1-2H3,(H2,27,28,29)/t17-/m1/s1. The minimum Gasteiger partial charge on any atom is -0.457 e. The van der Waals surface area contributed by atoms with Gasteiger partial charge in [-0.3, -0.25) is 0 Å². The van der Waals surface area contributed by atoms with Gasteiger partial charge in [0.25, 0.3) is 0 Å². The van der Waals surface area contributed by atoms with Gasteiger partial charge < -0.3 is 26.1 Å². The molecule has 1 atom stereocenters. The number of hydrogen-bond acceptors (Lipinski definition) is 4. The van der Waals surface area contributed by atoms with E-state index in [1.54, 1.807) is 36.4 Å². The molecule has 0 bridgehead atoms. The van der Waals surface area contributed by atoms with Gasteiger partial charge in [0, 0.05) is 29.5 Å². The highest BCUT2D eigenvalue weighted by atomic mass is 16.5. The third-order valence-corrected chi connectivity index (χ3v) is 4.59. The van der Waals surface area contributed by atoms with Crippen LogP contribution < -0.4 is 20.7 Å². The summed E-state index contributed by atoms with van der Waals surface area (Å²) >= 11 is 0. The summed E-state index contributed by atoms with van der Waals surface area (Å²) in [7, 11) is 1.88. The number of benzene rings is 3. The van der Waals surface area contributed by atoms with Gasteiger partial charge >= 0.3 is 6.03 Å². The largest absolute Gasteiger partial charge is 0.457 e. The first-order valence-corrected chi connectivity index (χ1v) is 9.79. The fourth-order valence-electron chi connectivity index (χ4n) is 2.81. The monoisotopic (exact) mass is 402 g/mol. The fraction of sp³-hybridized carbons (Fsp3) is 0.167. The molecule has 3 aromatic rings. The van der Waals surface area contributed by atoms with Crippen LogP contribution in [-0.4, -0.2) is 24.8 Å². The molecule has 0 aliphatic carbocycles. The number of rotatable bonds is 8. The van der Waals surface area contributed by atoms with Gasteiger partial charge in [0.05, 0.1) is 0 Å². The summed E-state index contributed by atoms with van der Waals surface area (Å²) in [5.41, 5.74) is 2.73. The number of para-hydroxylation sites is 1. The van der Waals surface area contributed by atoms with Gasteiger partial charge in [-0.25, -0.2) is 4.79 Å². The maximum atomic E-state index is 12.3. The van der Waals surface area contributed by atoms with Crippen molar-refractivity contribution in [2.45, 2.75) is 19.4 Å². The van der Waals surface area contributed by atoms with Crippen molar-refractivity contribution in [2.24, 2.45) is 0 Å². The Balaban J connectivity index is 1.52. The molecule has 0 aliphatic heterocycles. The quantitative estimate of drug-likeness (QED) is 0.376. The number of carbonyl (C=O) groups excluding carboxylic acids is 1. The van der Waals surface area contributed by atoms with E-state index in [2.05, 4.69) is 16.0 Å². The third kappa shape index (κ3) is 6.18. The molecule has 3 aromatic carbocycles. The lowest BCUT2D eigenvalue weighted by molar-refractivity contribution is 0.262. The Hall–Kier alpha value is -3.64. The van der Waals surface area contributed by atoms with E-state index >= 15 is 0 Å². The highest BCUT2D eigenvalue weighted by molar-refractivity contribution is 6.01. The summed E-state index contributed by atoms with van der Waals surface area (Å²) < 4.78 is 5.75. The lowest BCUT2D eigenvalue weighted by Crippen LogP contribution is -2.24. The van der Waals surface area contributed by atoms with Crippen LogP contribution >= 0.6 is 0 Å². The van der Waals surface area contributed by atoms with Crippen molar-refractivity contribution in [3.63, 3.8) is 0 Å². The van der Waals surface area contributed by atoms with Crippen molar-refractivity contribution in [2.75, 3.05) is 17.7 Å². The summed E-state index contributed by atoms with van der Waals surface area (Å²) in [5, 5.41) is 16.9. The number of anilines is 2. The summed E-state index contributed by atoms with van der Waals surface area (Å²) in [5.74, 6) is 1.45. The zero-order valence-corrected chi connectivity index (χ0v) is 17.1. The van der Waals surface area contributed by atoms with E-state index in [0.717, 1.165) is 11.3 Å². The van der Waals surface area contributed by atoms with Gasteiger partial charge in [-0.15, -0.1) is 0 Å². The van der Waals surface area contributed by atoms with Crippen molar-refractivity contribution in [1.29, 1.82) is 5.41 Å². The molecule has 0 saturated heterocycles. The number of urea groups is 1. The molecular weight excluding hydrogens is 376 g/mol. The topological polar surface area (TPSA) is 86.2 Å². The Morgan fingerprint density at radius 3 is 1.97 bits per heavy atom. The van der Waals surface area contributed by atoms with E-state index < -0.39 is 0 Å². The minimum absolute atomic E-state index is 0.241. The van der Waals surface area contributed by atoms with Crippen molar-refractivity contribution in [3.05, 3.63) is 84.4 Å². The molecule has 154 valence electrons. The molecule has 30 heavy (non-hydrogen) atoms. The van der Waals surface area contributed by atoms with E-state index in [-0.39, 0.29) is 12.1 Å². The molecule has 6 heteroatoms. The Morgan fingerprint density at radius 1 is 0.867 bits per heavy atom. The van der Waals surface area contributed by atoms with Gasteiger partial charge in [0.2, 0.25) is 0 Å². The molecule has 0 aromatic heterocycles. The maximum Gasteiger partial charge on any atom is 0.323 e. The zero-order valence-electron chi connectivity index (χ0n) is 17.1. The highest BCUT2D eigenvalue weighted by Gasteiger charge is 2.08. The molecule has 0 spiro atoms. The van der Waals surface area contributed by atoms with Crippen LogP contribution in [0.3, 0.4) is 0 Å². The first-order chi connectivity index (χ1) is 14.5. The normalized spacial score (nSPS) is 11.4. The fourth-order valence-corrected chi connectivity index (χ4v) is 2.81. The summed E-state index contributed by atoms with van der Waals surface area (Å²) in [6, 6.07) is 23.9.